The van der Waals surface area contributed by atoms with Crippen LogP contribution in [0.3, 0.4) is 0 Å². The topological polar surface area (TPSA) is 101 Å². The third-order valence-corrected chi connectivity index (χ3v) is 4.73. The zero-order valence-corrected chi connectivity index (χ0v) is 10.9. The van der Waals surface area contributed by atoms with Gasteiger partial charge in [-0.1, -0.05) is 5.16 Å². The maximum Gasteiger partial charge on any atom is 0.279 e. The summed E-state index contributed by atoms with van der Waals surface area (Å²) in [5.41, 5.74) is 6.14. The average molecular weight is 274 g/mol. The van der Waals surface area contributed by atoms with Gasteiger partial charge in [0.1, 0.15) is 6.26 Å². The van der Waals surface area contributed by atoms with Crippen molar-refractivity contribution >= 4 is 10.2 Å². The van der Waals surface area contributed by atoms with Crippen molar-refractivity contribution in [2.75, 3.05) is 19.6 Å². The summed E-state index contributed by atoms with van der Waals surface area (Å²) in [6.45, 7) is 1.82. The maximum absolute atomic E-state index is 12.0. The highest BCUT2D eigenvalue weighted by Gasteiger charge is 2.27. The quantitative estimate of drug-likeness (QED) is 0.766. The SMILES string of the molecule is NCC1CCN(S(=O)(=O)NCc2ccon2)CC1. The number of hydrogen-bond acceptors (Lipinski definition) is 5. The molecule has 0 atom stereocenters. The smallest absolute Gasteiger partial charge is 0.279 e. The second kappa shape index (κ2) is 5.79. The summed E-state index contributed by atoms with van der Waals surface area (Å²) in [6.07, 6.45) is 3.05. The predicted octanol–water partition coefficient (Wildman–Crippen LogP) is -0.320. The van der Waals surface area contributed by atoms with E-state index in [2.05, 4.69) is 14.4 Å². The molecule has 7 nitrogen and oxygen atoms in total. The Balaban J connectivity index is 1.87. The third-order valence-electron chi connectivity index (χ3n) is 3.17. The molecule has 0 aliphatic carbocycles. The molecular weight excluding hydrogens is 256 g/mol. The lowest BCUT2D eigenvalue weighted by atomic mass is 9.99. The molecule has 2 heterocycles. The highest BCUT2D eigenvalue weighted by atomic mass is 32.2. The van der Waals surface area contributed by atoms with Gasteiger partial charge in [0.2, 0.25) is 0 Å². The highest BCUT2D eigenvalue weighted by Crippen LogP contribution is 2.17. The van der Waals surface area contributed by atoms with Gasteiger partial charge < -0.3 is 10.3 Å². The van der Waals surface area contributed by atoms with E-state index in [-0.39, 0.29) is 6.54 Å². The highest BCUT2D eigenvalue weighted by molar-refractivity contribution is 7.87. The van der Waals surface area contributed by atoms with Gasteiger partial charge in [-0.05, 0) is 25.3 Å². The molecule has 1 aromatic heterocycles. The fraction of sp³-hybridized carbons (Fsp3) is 0.700. The largest absolute Gasteiger partial charge is 0.364 e. The minimum Gasteiger partial charge on any atom is -0.364 e. The van der Waals surface area contributed by atoms with E-state index >= 15 is 0 Å². The van der Waals surface area contributed by atoms with Crippen molar-refractivity contribution in [1.29, 1.82) is 0 Å². The molecule has 102 valence electrons. The first-order valence-electron chi connectivity index (χ1n) is 5.96. The minimum absolute atomic E-state index is 0.148. The van der Waals surface area contributed by atoms with E-state index in [1.165, 1.54) is 10.6 Å². The summed E-state index contributed by atoms with van der Waals surface area (Å²) in [6, 6.07) is 1.63. The van der Waals surface area contributed by atoms with Gasteiger partial charge in [0, 0.05) is 19.2 Å². The van der Waals surface area contributed by atoms with Crippen molar-refractivity contribution in [2.45, 2.75) is 19.4 Å². The van der Waals surface area contributed by atoms with Gasteiger partial charge >= 0.3 is 0 Å². The number of nitrogens with two attached hydrogens (primary N) is 1. The maximum atomic E-state index is 12.0. The van der Waals surface area contributed by atoms with Gasteiger partial charge in [0.25, 0.3) is 10.2 Å². The Labute approximate surface area is 106 Å². The fourth-order valence-corrected chi connectivity index (χ4v) is 3.17. The Morgan fingerprint density at radius 1 is 1.50 bits per heavy atom. The molecule has 2 rings (SSSR count). The molecule has 0 unspecified atom stereocenters. The molecule has 3 N–H and O–H groups in total. The summed E-state index contributed by atoms with van der Waals surface area (Å²) in [5, 5.41) is 3.65. The van der Waals surface area contributed by atoms with Crippen molar-refractivity contribution in [3.05, 3.63) is 18.0 Å². The second-order valence-corrected chi connectivity index (χ2v) is 6.15. The number of nitrogens with zero attached hydrogens (tertiary/aromatic N) is 2. The molecule has 1 aromatic rings. The van der Waals surface area contributed by atoms with Crippen LogP contribution in [0, 0.1) is 5.92 Å². The average Bonchev–Trinajstić information content (AvgIpc) is 2.90. The van der Waals surface area contributed by atoms with E-state index in [0.29, 0.717) is 31.2 Å². The van der Waals surface area contributed by atoms with Gasteiger partial charge in [-0.2, -0.15) is 17.4 Å². The first-order valence-corrected chi connectivity index (χ1v) is 7.40. The molecule has 0 bridgehead atoms. The van der Waals surface area contributed by atoms with Crippen molar-refractivity contribution in [2.24, 2.45) is 11.7 Å². The van der Waals surface area contributed by atoms with Gasteiger partial charge in [0.15, 0.2) is 0 Å². The van der Waals surface area contributed by atoms with Crippen LogP contribution in [0.15, 0.2) is 16.9 Å². The van der Waals surface area contributed by atoms with Gasteiger partial charge in [-0.15, -0.1) is 0 Å². The van der Waals surface area contributed by atoms with Crippen molar-refractivity contribution in [3.63, 3.8) is 0 Å². The summed E-state index contributed by atoms with van der Waals surface area (Å²) < 4.78 is 32.6. The lowest BCUT2D eigenvalue weighted by molar-refractivity contribution is 0.275. The van der Waals surface area contributed by atoms with E-state index in [4.69, 9.17) is 5.73 Å². The molecular formula is C10H18N4O3S. The van der Waals surface area contributed by atoms with Crippen LogP contribution in [0.5, 0.6) is 0 Å². The van der Waals surface area contributed by atoms with Crippen LogP contribution in [0.4, 0.5) is 0 Å². The predicted molar refractivity (Wildman–Crippen MR) is 65.6 cm³/mol. The molecule has 18 heavy (non-hydrogen) atoms. The molecule has 0 saturated carbocycles. The zero-order valence-electron chi connectivity index (χ0n) is 10.1. The molecule has 1 aliphatic heterocycles. The number of aromatic nitrogens is 1. The van der Waals surface area contributed by atoms with E-state index in [1.54, 1.807) is 6.07 Å². The lowest BCUT2D eigenvalue weighted by Gasteiger charge is -2.30. The molecule has 0 radical (unpaired) electrons. The first-order chi connectivity index (χ1) is 8.62. The normalized spacial score (nSPS) is 19.2. The Morgan fingerprint density at radius 2 is 2.22 bits per heavy atom. The van der Waals surface area contributed by atoms with Crippen LogP contribution in [-0.4, -0.2) is 37.5 Å². The summed E-state index contributed by atoms with van der Waals surface area (Å²) in [4.78, 5) is 0. The summed E-state index contributed by atoms with van der Waals surface area (Å²) in [7, 11) is -3.43. The van der Waals surface area contributed by atoms with Crippen LogP contribution in [-0.2, 0) is 16.8 Å². The Morgan fingerprint density at radius 3 is 2.78 bits per heavy atom. The Kier molecular flexibility index (Phi) is 4.33. The minimum atomic E-state index is -3.43. The van der Waals surface area contributed by atoms with Crippen LogP contribution < -0.4 is 10.5 Å². The van der Waals surface area contributed by atoms with Crippen LogP contribution >= 0.6 is 0 Å². The van der Waals surface area contributed by atoms with Gasteiger partial charge in [-0.3, -0.25) is 0 Å². The molecule has 1 saturated heterocycles. The fourth-order valence-electron chi connectivity index (χ4n) is 1.97. The van der Waals surface area contributed by atoms with Crippen molar-refractivity contribution < 1.29 is 12.9 Å². The number of piperidine rings is 1. The molecule has 8 heteroatoms. The Bertz CT molecular complexity index is 451. The molecule has 1 fully saturated rings. The standard InChI is InChI=1S/C10H18N4O3S/c11-7-9-1-4-14(5-2-9)18(15,16)12-8-10-3-6-17-13-10/h3,6,9,12H,1-2,4-5,7-8,11H2. The van der Waals surface area contributed by atoms with Gasteiger partial charge in [0.05, 0.1) is 12.2 Å². The molecule has 0 spiro atoms. The second-order valence-electron chi connectivity index (χ2n) is 4.40. The third kappa shape index (κ3) is 3.29. The van der Waals surface area contributed by atoms with Gasteiger partial charge in [-0.25, -0.2) is 0 Å². The monoisotopic (exact) mass is 274 g/mol. The van der Waals surface area contributed by atoms with Crippen molar-refractivity contribution in [1.82, 2.24) is 14.2 Å². The molecule has 0 amide bonds. The van der Waals surface area contributed by atoms with Crippen molar-refractivity contribution in [3.8, 4) is 0 Å². The van der Waals surface area contributed by atoms with E-state index in [0.717, 1.165) is 12.8 Å². The van der Waals surface area contributed by atoms with E-state index < -0.39 is 10.2 Å². The first kappa shape index (κ1) is 13.5. The van der Waals surface area contributed by atoms with Crippen LogP contribution in [0.2, 0.25) is 0 Å². The Hall–Kier alpha value is -0.960. The summed E-state index contributed by atoms with van der Waals surface area (Å²) in [5.74, 6) is 0.437. The van der Waals surface area contributed by atoms with E-state index in [9.17, 15) is 8.42 Å². The molecule has 0 aromatic carbocycles. The van der Waals surface area contributed by atoms with E-state index in [1.807, 2.05) is 0 Å². The van der Waals surface area contributed by atoms with Crippen LogP contribution in [0.1, 0.15) is 18.5 Å². The summed E-state index contributed by atoms with van der Waals surface area (Å²) >= 11 is 0. The number of hydrogen-bond donors (Lipinski definition) is 2. The molecule has 1 aliphatic rings. The number of rotatable bonds is 5. The lowest BCUT2D eigenvalue weighted by Crippen LogP contribution is -2.45. The van der Waals surface area contributed by atoms with Crippen LogP contribution in [0.25, 0.3) is 0 Å². The number of nitrogens with one attached hydrogen (secondary N) is 1. The zero-order chi connectivity index (χ0) is 13.0.